The van der Waals surface area contributed by atoms with Crippen LogP contribution in [-0.4, -0.2) is 70.4 Å². The van der Waals surface area contributed by atoms with Crippen LogP contribution in [0.2, 0.25) is 0 Å². The number of carboxylic acid groups (broad SMARTS) is 1. The topological polar surface area (TPSA) is 169 Å². The molecule has 0 atom stereocenters. The van der Waals surface area contributed by atoms with Gasteiger partial charge in [0.25, 0.3) is 0 Å². The molecule has 12 heteroatoms. The number of hydrogen-bond acceptors (Lipinski definition) is 11. The first kappa shape index (κ1) is 67.9. The second kappa shape index (κ2) is 35.8. The van der Waals surface area contributed by atoms with Gasteiger partial charge in [0, 0.05) is 12.8 Å². The minimum Gasteiger partial charge on any atom is -0.481 e. The van der Waals surface area contributed by atoms with Crippen molar-refractivity contribution in [2.45, 2.75) is 312 Å². The number of ether oxygens (including phenoxy) is 5. The largest absolute Gasteiger partial charge is 0.481 e. The standard InChI is InChI=1S/C29H54O6.C28H52O6/c1-27(2,3)34-25(31)29(7,26(32)35-28(4,5)6)23-21-19-17-15-13-11-9-10-12-14-16-18-20-22-24(30)33-8;1-26(2,3)33-24(31)28(7,25(32)34-27(4,5)6)22-20-18-16-14-12-10-8-9-11-13-15-17-19-21-23(29)30/h9-23H2,1-8H3;8-22H2,1-7H3,(H,29,30). The van der Waals surface area contributed by atoms with Crippen molar-refractivity contribution in [1.29, 1.82) is 0 Å². The third kappa shape index (κ3) is 39.2. The number of rotatable bonds is 36. The molecule has 0 aromatic carbocycles. The Morgan fingerprint density at radius 2 is 0.493 bits per heavy atom. The van der Waals surface area contributed by atoms with E-state index in [1.165, 1.54) is 103 Å². The Hall–Kier alpha value is -3.18. The van der Waals surface area contributed by atoms with Crippen molar-refractivity contribution in [3.05, 3.63) is 0 Å². The van der Waals surface area contributed by atoms with Crippen molar-refractivity contribution in [1.82, 2.24) is 0 Å². The SMILES string of the molecule is CC(C)(C)OC(=O)C(C)(CCCCCCCCCCCCCCCC(=O)O)C(=O)OC(C)(C)C.COC(=O)CCCCCCCCCCCCCCCC(C)(C(=O)OC(C)(C)C)C(=O)OC(C)(C)C. The molecule has 0 rings (SSSR count). The van der Waals surface area contributed by atoms with E-state index in [2.05, 4.69) is 4.74 Å². The van der Waals surface area contributed by atoms with E-state index in [0.29, 0.717) is 25.7 Å². The Bertz CT molecular complexity index is 1370. The summed E-state index contributed by atoms with van der Waals surface area (Å²) in [7, 11) is 1.44. The molecule has 0 aliphatic rings. The fourth-order valence-electron chi connectivity index (χ4n) is 7.63. The highest BCUT2D eigenvalue weighted by Gasteiger charge is 2.47. The quantitative estimate of drug-likeness (QED) is 0.0273. The molecule has 0 fully saturated rings. The molecule has 406 valence electrons. The Morgan fingerprint density at radius 1 is 0.304 bits per heavy atom. The molecular weight excluding hydrogens is 877 g/mol. The normalized spacial score (nSPS) is 12.4. The number of carbonyl (C=O) groups excluding carboxylic acids is 5. The first-order valence-corrected chi connectivity index (χ1v) is 27.1. The second-order valence-electron chi connectivity index (χ2n) is 23.8. The summed E-state index contributed by atoms with van der Waals surface area (Å²) < 4.78 is 26.9. The molecule has 0 aromatic rings. The Kier molecular flexibility index (Phi) is 35.3. The van der Waals surface area contributed by atoms with Crippen LogP contribution < -0.4 is 0 Å². The van der Waals surface area contributed by atoms with Crippen LogP contribution in [-0.2, 0) is 52.5 Å². The summed E-state index contributed by atoms with van der Waals surface area (Å²) in [6, 6.07) is 0. The highest BCUT2D eigenvalue weighted by atomic mass is 16.6. The average Bonchev–Trinajstić information content (AvgIpc) is 3.20. The van der Waals surface area contributed by atoms with Crippen LogP contribution in [0.1, 0.15) is 290 Å². The molecule has 0 saturated heterocycles. The van der Waals surface area contributed by atoms with Crippen LogP contribution in [0.3, 0.4) is 0 Å². The van der Waals surface area contributed by atoms with Crippen LogP contribution in [0.5, 0.6) is 0 Å². The molecule has 0 saturated carbocycles. The molecule has 12 nitrogen and oxygen atoms in total. The maximum atomic E-state index is 12.9. The number of unbranched alkanes of at least 4 members (excludes halogenated alkanes) is 24. The summed E-state index contributed by atoms with van der Waals surface area (Å²) in [6.45, 7) is 25.0. The zero-order valence-electron chi connectivity index (χ0n) is 47.2. The van der Waals surface area contributed by atoms with Crippen molar-refractivity contribution >= 4 is 35.8 Å². The van der Waals surface area contributed by atoms with E-state index in [4.69, 9.17) is 24.1 Å². The van der Waals surface area contributed by atoms with Crippen LogP contribution >= 0.6 is 0 Å². The zero-order valence-corrected chi connectivity index (χ0v) is 47.2. The van der Waals surface area contributed by atoms with E-state index < -0.39 is 63.1 Å². The molecule has 0 bridgehead atoms. The zero-order chi connectivity index (χ0) is 53.2. The first-order valence-electron chi connectivity index (χ1n) is 27.1. The van der Waals surface area contributed by atoms with Crippen LogP contribution in [0.4, 0.5) is 0 Å². The minimum absolute atomic E-state index is 0.106. The van der Waals surface area contributed by atoms with Gasteiger partial charge < -0.3 is 28.8 Å². The Morgan fingerprint density at radius 3 is 0.681 bits per heavy atom. The van der Waals surface area contributed by atoms with Crippen molar-refractivity contribution in [3.8, 4) is 0 Å². The fraction of sp³-hybridized carbons (Fsp3) is 0.895. The van der Waals surface area contributed by atoms with Gasteiger partial charge in [-0.1, -0.05) is 154 Å². The third-order valence-corrected chi connectivity index (χ3v) is 11.8. The highest BCUT2D eigenvalue weighted by molar-refractivity contribution is 6.00. The van der Waals surface area contributed by atoms with Crippen molar-refractivity contribution in [2.24, 2.45) is 10.8 Å². The van der Waals surface area contributed by atoms with Gasteiger partial charge in [0.2, 0.25) is 0 Å². The van der Waals surface area contributed by atoms with Gasteiger partial charge in [-0.05, 0) is 123 Å². The minimum atomic E-state index is -1.28. The van der Waals surface area contributed by atoms with E-state index in [1.807, 2.05) is 83.1 Å². The number of carboxylic acids is 1. The van der Waals surface area contributed by atoms with E-state index in [1.54, 1.807) is 13.8 Å². The number of hydrogen-bond donors (Lipinski definition) is 1. The lowest BCUT2D eigenvalue weighted by Crippen LogP contribution is -2.44. The maximum absolute atomic E-state index is 12.9. The summed E-state index contributed by atoms with van der Waals surface area (Å²) in [5, 5.41) is 8.62. The summed E-state index contributed by atoms with van der Waals surface area (Å²) >= 11 is 0. The van der Waals surface area contributed by atoms with Crippen molar-refractivity contribution < 1.29 is 57.6 Å². The van der Waals surface area contributed by atoms with Crippen LogP contribution in [0, 0.1) is 10.8 Å². The molecule has 0 spiro atoms. The van der Waals surface area contributed by atoms with Gasteiger partial charge >= 0.3 is 35.8 Å². The van der Waals surface area contributed by atoms with E-state index in [9.17, 15) is 28.8 Å². The number of methoxy groups -OCH3 is 1. The lowest BCUT2D eigenvalue weighted by atomic mass is 9.84. The van der Waals surface area contributed by atoms with Crippen LogP contribution in [0.15, 0.2) is 0 Å². The smallest absolute Gasteiger partial charge is 0.323 e. The van der Waals surface area contributed by atoms with Gasteiger partial charge in [0.05, 0.1) is 7.11 Å². The number of carbonyl (C=O) groups is 6. The lowest BCUT2D eigenvalue weighted by molar-refractivity contribution is -0.186. The monoisotopic (exact) mass is 983 g/mol. The van der Waals surface area contributed by atoms with Gasteiger partial charge in [-0.2, -0.15) is 0 Å². The average molecular weight is 983 g/mol. The molecule has 69 heavy (non-hydrogen) atoms. The first-order chi connectivity index (χ1) is 31.9. The van der Waals surface area contributed by atoms with Crippen molar-refractivity contribution in [2.75, 3.05) is 7.11 Å². The van der Waals surface area contributed by atoms with Crippen LogP contribution in [0.25, 0.3) is 0 Å². The molecule has 0 aliphatic carbocycles. The molecule has 1 N–H and O–H groups in total. The summed E-state index contributed by atoms with van der Waals surface area (Å²) in [5.41, 5.74) is -5.16. The van der Waals surface area contributed by atoms with E-state index in [-0.39, 0.29) is 5.97 Å². The molecule has 0 aliphatic heterocycles. The maximum Gasteiger partial charge on any atom is 0.323 e. The number of aliphatic carboxylic acids is 1. The summed E-state index contributed by atoms with van der Waals surface area (Å²) in [6.07, 6.45) is 31.0. The predicted octanol–water partition coefficient (Wildman–Crippen LogP) is 15.3. The second-order valence-corrected chi connectivity index (χ2v) is 23.8. The Balaban J connectivity index is 0. The Labute approximate surface area is 422 Å². The van der Waals surface area contributed by atoms with Gasteiger partial charge in [0.1, 0.15) is 22.4 Å². The fourth-order valence-corrected chi connectivity index (χ4v) is 7.63. The molecule has 0 unspecified atom stereocenters. The highest BCUT2D eigenvalue weighted by Crippen LogP contribution is 2.34. The van der Waals surface area contributed by atoms with Gasteiger partial charge in [0.15, 0.2) is 10.8 Å². The molecule has 0 heterocycles. The van der Waals surface area contributed by atoms with Crippen molar-refractivity contribution in [3.63, 3.8) is 0 Å². The number of esters is 5. The lowest BCUT2D eigenvalue weighted by Gasteiger charge is -2.32. The molecular formula is C57H106O12. The summed E-state index contributed by atoms with van der Waals surface area (Å²) in [5.74, 6) is -2.80. The molecule has 0 radical (unpaired) electrons. The summed E-state index contributed by atoms with van der Waals surface area (Å²) in [4.78, 5) is 73.0. The van der Waals surface area contributed by atoms with E-state index >= 15 is 0 Å². The molecule has 0 amide bonds. The third-order valence-electron chi connectivity index (χ3n) is 11.8. The van der Waals surface area contributed by atoms with Gasteiger partial charge in [-0.25, -0.2) is 0 Å². The van der Waals surface area contributed by atoms with E-state index in [0.717, 1.165) is 70.6 Å². The van der Waals surface area contributed by atoms with Gasteiger partial charge in [-0.3, -0.25) is 28.8 Å². The predicted molar refractivity (Wildman–Crippen MR) is 278 cm³/mol. The van der Waals surface area contributed by atoms with Gasteiger partial charge in [-0.15, -0.1) is 0 Å². The molecule has 0 aromatic heterocycles.